The smallest absolute Gasteiger partial charge is 0.254 e. The number of benzene rings is 2. The van der Waals surface area contributed by atoms with E-state index < -0.39 is 0 Å². The van der Waals surface area contributed by atoms with Crippen LogP contribution in [0.2, 0.25) is 5.02 Å². The van der Waals surface area contributed by atoms with E-state index in [1.54, 1.807) is 19.4 Å². The number of imidazole rings is 1. The fourth-order valence-corrected chi connectivity index (χ4v) is 4.13. The molecule has 0 atom stereocenters. The van der Waals surface area contributed by atoms with Gasteiger partial charge in [-0.3, -0.25) is 9.69 Å². The zero-order chi connectivity index (χ0) is 23.0. The Hall–Kier alpha value is -2.87. The van der Waals surface area contributed by atoms with Gasteiger partial charge >= 0.3 is 0 Å². The van der Waals surface area contributed by atoms with E-state index in [-0.39, 0.29) is 5.91 Å². The van der Waals surface area contributed by atoms with Crippen LogP contribution in [-0.2, 0) is 17.8 Å². The lowest BCUT2D eigenvalue weighted by Crippen LogP contribution is -2.43. The van der Waals surface area contributed by atoms with E-state index >= 15 is 0 Å². The van der Waals surface area contributed by atoms with Crippen molar-refractivity contribution in [2.75, 3.05) is 46.5 Å². The van der Waals surface area contributed by atoms with Crippen molar-refractivity contribution in [3.8, 4) is 5.75 Å². The van der Waals surface area contributed by atoms with Crippen molar-refractivity contribution in [3.63, 3.8) is 0 Å². The Morgan fingerprint density at radius 2 is 2.00 bits per heavy atom. The second-order valence-electron chi connectivity index (χ2n) is 8.01. The van der Waals surface area contributed by atoms with Crippen LogP contribution in [0.15, 0.2) is 60.9 Å². The largest absolute Gasteiger partial charge is 0.497 e. The standard InChI is InChI=1S/C25H29ClN4O3/c1-32-23-7-3-5-21(17-23)25(31)30(11-10-28-12-14-33-15-13-28)19-24-27-8-9-29(24)18-20-4-2-6-22(26)16-20/h2-9,16-17H,10-15,18-19H2,1H3. The summed E-state index contributed by atoms with van der Waals surface area (Å²) in [5.41, 5.74) is 1.69. The number of halogens is 1. The van der Waals surface area contributed by atoms with E-state index in [1.165, 1.54) is 0 Å². The van der Waals surface area contributed by atoms with Crippen LogP contribution >= 0.6 is 11.6 Å². The number of hydrogen-bond acceptors (Lipinski definition) is 5. The van der Waals surface area contributed by atoms with E-state index in [4.69, 9.17) is 21.1 Å². The van der Waals surface area contributed by atoms with Gasteiger partial charge in [-0.2, -0.15) is 0 Å². The summed E-state index contributed by atoms with van der Waals surface area (Å²) in [6, 6.07) is 15.1. The van der Waals surface area contributed by atoms with Gasteiger partial charge in [0.25, 0.3) is 5.91 Å². The third-order valence-electron chi connectivity index (χ3n) is 5.77. The van der Waals surface area contributed by atoms with Gasteiger partial charge in [-0.15, -0.1) is 0 Å². The molecule has 0 unspecified atom stereocenters. The van der Waals surface area contributed by atoms with Crippen LogP contribution in [0, 0.1) is 0 Å². The molecule has 2 heterocycles. The summed E-state index contributed by atoms with van der Waals surface area (Å²) in [5.74, 6) is 1.45. The van der Waals surface area contributed by atoms with E-state index in [0.717, 1.165) is 44.2 Å². The Bertz CT molecular complexity index is 1070. The molecule has 1 amide bonds. The Morgan fingerprint density at radius 3 is 2.79 bits per heavy atom. The molecule has 0 radical (unpaired) electrons. The van der Waals surface area contributed by atoms with Gasteiger partial charge in [0.05, 0.1) is 26.9 Å². The first-order valence-electron chi connectivity index (χ1n) is 11.1. The highest BCUT2D eigenvalue weighted by Gasteiger charge is 2.21. The lowest BCUT2D eigenvalue weighted by atomic mass is 10.2. The molecule has 0 spiro atoms. The quantitative estimate of drug-likeness (QED) is 0.480. The lowest BCUT2D eigenvalue weighted by Gasteiger charge is -2.30. The van der Waals surface area contributed by atoms with Crippen molar-refractivity contribution in [2.45, 2.75) is 13.1 Å². The number of methoxy groups -OCH3 is 1. The van der Waals surface area contributed by atoms with Crippen molar-refractivity contribution in [2.24, 2.45) is 0 Å². The Kier molecular flexibility index (Phi) is 7.99. The fraction of sp³-hybridized carbons (Fsp3) is 0.360. The number of amides is 1. The number of morpholine rings is 1. The molecule has 0 aliphatic carbocycles. The third kappa shape index (κ3) is 6.35. The Morgan fingerprint density at radius 1 is 1.18 bits per heavy atom. The lowest BCUT2D eigenvalue weighted by molar-refractivity contribution is 0.0318. The number of hydrogen-bond donors (Lipinski definition) is 0. The molecule has 0 N–H and O–H groups in total. The first-order chi connectivity index (χ1) is 16.1. The van der Waals surface area contributed by atoms with Crippen molar-refractivity contribution in [1.82, 2.24) is 19.4 Å². The molecule has 3 aromatic rings. The minimum Gasteiger partial charge on any atom is -0.497 e. The SMILES string of the molecule is COc1cccc(C(=O)N(CCN2CCOCC2)Cc2nccn2Cc2cccc(Cl)c2)c1. The molecule has 0 bridgehead atoms. The number of aromatic nitrogens is 2. The molecule has 2 aromatic carbocycles. The number of carbonyl (C=O) groups is 1. The summed E-state index contributed by atoms with van der Waals surface area (Å²) in [6.07, 6.45) is 3.71. The molecule has 1 fully saturated rings. The van der Waals surface area contributed by atoms with Crippen LogP contribution < -0.4 is 4.74 Å². The van der Waals surface area contributed by atoms with Crippen molar-refractivity contribution in [1.29, 1.82) is 0 Å². The summed E-state index contributed by atoms with van der Waals surface area (Å²) in [7, 11) is 1.60. The molecule has 174 valence electrons. The number of rotatable bonds is 9. The molecule has 4 rings (SSSR count). The molecular weight excluding hydrogens is 440 g/mol. The monoisotopic (exact) mass is 468 g/mol. The van der Waals surface area contributed by atoms with Gasteiger partial charge in [-0.25, -0.2) is 4.98 Å². The summed E-state index contributed by atoms with van der Waals surface area (Å²) >= 11 is 6.16. The van der Waals surface area contributed by atoms with Gasteiger partial charge in [-0.05, 0) is 35.9 Å². The summed E-state index contributed by atoms with van der Waals surface area (Å²) in [6.45, 7) is 5.65. The van der Waals surface area contributed by atoms with Crippen molar-refractivity contribution < 1.29 is 14.3 Å². The maximum Gasteiger partial charge on any atom is 0.254 e. The third-order valence-corrected chi connectivity index (χ3v) is 6.00. The van der Waals surface area contributed by atoms with E-state index in [1.807, 2.05) is 53.6 Å². The predicted octanol–water partition coefficient (Wildman–Crippen LogP) is 3.57. The molecule has 1 saturated heterocycles. The molecule has 8 heteroatoms. The highest BCUT2D eigenvalue weighted by molar-refractivity contribution is 6.30. The number of ether oxygens (including phenoxy) is 2. The van der Waals surface area contributed by atoms with Gasteiger partial charge in [0.15, 0.2) is 0 Å². The molecule has 7 nitrogen and oxygen atoms in total. The molecule has 1 aliphatic heterocycles. The second kappa shape index (κ2) is 11.3. The van der Waals surface area contributed by atoms with Gasteiger partial charge in [0, 0.05) is 55.7 Å². The van der Waals surface area contributed by atoms with Crippen LogP contribution in [0.1, 0.15) is 21.7 Å². The highest BCUT2D eigenvalue weighted by atomic mass is 35.5. The average Bonchev–Trinajstić information content (AvgIpc) is 3.28. The molecule has 33 heavy (non-hydrogen) atoms. The maximum absolute atomic E-state index is 13.5. The predicted molar refractivity (Wildman–Crippen MR) is 128 cm³/mol. The normalized spacial score (nSPS) is 14.2. The number of nitrogens with zero attached hydrogens (tertiary/aromatic N) is 4. The Labute approximate surface area is 199 Å². The van der Waals surface area contributed by atoms with Crippen LogP contribution in [0.4, 0.5) is 0 Å². The minimum absolute atomic E-state index is 0.0422. The van der Waals surface area contributed by atoms with E-state index in [2.05, 4.69) is 14.5 Å². The Balaban J connectivity index is 1.53. The van der Waals surface area contributed by atoms with Gasteiger partial charge in [0.2, 0.25) is 0 Å². The van der Waals surface area contributed by atoms with Crippen LogP contribution in [0.3, 0.4) is 0 Å². The van der Waals surface area contributed by atoms with Crippen LogP contribution in [0.5, 0.6) is 5.75 Å². The van der Waals surface area contributed by atoms with Crippen molar-refractivity contribution in [3.05, 3.63) is 82.9 Å². The van der Waals surface area contributed by atoms with E-state index in [0.29, 0.717) is 36.0 Å². The average molecular weight is 469 g/mol. The second-order valence-corrected chi connectivity index (χ2v) is 8.45. The minimum atomic E-state index is -0.0422. The fourth-order valence-electron chi connectivity index (χ4n) is 3.92. The van der Waals surface area contributed by atoms with Crippen molar-refractivity contribution >= 4 is 17.5 Å². The molecular formula is C25H29ClN4O3. The topological polar surface area (TPSA) is 59.8 Å². The zero-order valence-corrected chi connectivity index (χ0v) is 19.6. The first-order valence-corrected chi connectivity index (χ1v) is 11.5. The highest BCUT2D eigenvalue weighted by Crippen LogP contribution is 2.17. The maximum atomic E-state index is 13.5. The molecule has 0 saturated carbocycles. The van der Waals surface area contributed by atoms with Crippen LogP contribution in [0.25, 0.3) is 0 Å². The van der Waals surface area contributed by atoms with E-state index in [9.17, 15) is 4.79 Å². The molecule has 1 aliphatic rings. The van der Waals surface area contributed by atoms with Gasteiger partial charge < -0.3 is 18.9 Å². The summed E-state index contributed by atoms with van der Waals surface area (Å²) in [5, 5.41) is 0.703. The zero-order valence-electron chi connectivity index (χ0n) is 18.8. The van der Waals surface area contributed by atoms with Crippen LogP contribution in [-0.4, -0.2) is 71.8 Å². The first kappa shape index (κ1) is 23.3. The molecule has 1 aromatic heterocycles. The van der Waals surface area contributed by atoms with Gasteiger partial charge in [-0.1, -0.05) is 29.8 Å². The number of carbonyl (C=O) groups excluding carboxylic acids is 1. The summed E-state index contributed by atoms with van der Waals surface area (Å²) in [4.78, 5) is 22.2. The van der Waals surface area contributed by atoms with Gasteiger partial charge in [0.1, 0.15) is 11.6 Å². The summed E-state index contributed by atoms with van der Waals surface area (Å²) < 4.78 is 12.8.